The van der Waals surface area contributed by atoms with Gasteiger partial charge in [0.1, 0.15) is 5.69 Å². The molecule has 1 saturated carbocycles. The van der Waals surface area contributed by atoms with Crippen LogP contribution in [0.5, 0.6) is 0 Å². The molecule has 1 N–H and O–H groups in total. The monoisotopic (exact) mass is 312 g/mol. The number of ketones is 1. The number of carbonyl (C=O) groups is 1. The molecule has 0 unspecified atom stereocenters. The number of carbonyl (C=O) groups excluding carboxylic acids is 1. The molecule has 0 aliphatic heterocycles. The summed E-state index contributed by atoms with van der Waals surface area (Å²) in [5.41, 5.74) is 1.15. The number of nitrogens with zero attached hydrogens (tertiary/aromatic N) is 1. The van der Waals surface area contributed by atoms with Crippen LogP contribution < -0.4 is 5.32 Å². The van der Waals surface area contributed by atoms with Crippen LogP contribution in [0.4, 0.5) is 0 Å². The van der Waals surface area contributed by atoms with Crippen molar-refractivity contribution in [2.75, 3.05) is 6.54 Å². The summed E-state index contributed by atoms with van der Waals surface area (Å²) >= 11 is 0. The zero-order valence-corrected chi connectivity index (χ0v) is 13.8. The van der Waals surface area contributed by atoms with E-state index in [1.165, 1.54) is 25.7 Å². The van der Waals surface area contributed by atoms with E-state index in [-0.39, 0.29) is 5.78 Å². The van der Waals surface area contributed by atoms with Crippen molar-refractivity contribution < 1.29 is 9.32 Å². The van der Waals surface area contributed by atoms with Crippen molar-refractivity contribution in [3.05, 3.63) is 42.2 Å². The molecule has 122 valence electrons. The van der Waals surface area contributed by atoms with E-state index in [0.717, 1.165) is 5.56 Å². The van der Waals surface area contributed by atoms with Gasteiger partial charge in [-0.1, -0.05) is 62.2 Å². The Labute approximate surface area is 137 Å². The lowest BCUT2D eigenvalue weighted by molar-refractivity contribution is 0.0793. The number of aromatic nitrogens is 1. The summed E-state index contributed by atoms with van der Waals surface area (Å²) in [6.45, 7) is 4.59. The molecule has 1 heterocycles. The van der Waals surface area contributed by atoms with E-state index in [1.54, 1.807) is 6.07 Å². The number of Topliss-reactive ketones (excluding diaryl/α,β-unsaturated/α-hetero) is 1. The SMILES string of the molecule is CC(C)(CNC1CCCC1)C(=O)c1cc(-c2ccccc2)no1. The Morgan fingerprint density at radius 3 is 2.65 bits per heavy atom. The van der Waals surface area contributed by atoms with E-state index in [4.69, 9.17) is 4.52 Å². The zero-order chi connectivity index (χ0) is 16.3. The number of rotatable bonds is 6. The van der Waals surface area contributed by atoms with Gasteiger partial charge in [-0.25, -0.2) is 0 Å². The first-order valence-corrected chi connectivity index (χ1v) is 8.36. The molecule has 0 bridgehead atoms. The lowest BCUT2D eigenvalue weighted by atomic mass is 9.86. The molecule has 4 nitrogen and oxygen atoms in total. The van der Waals surface area contributed by atoms with Crippen LogP contribution in [0.3, 0.4) is 0 Å². The molecule has 4 heteroatoms. The van der Waals surface area contributed by atoms with Gasteiger partial charge in [-0.3, -0.25) is 4.79 Å². The van der Waals surface area contributed by atoms with Gasteiger partial charge in [0.15, 0.2) is 0 Å². The van der Waals surface area contributed by atoms with Crippen LogP contribution in [-0.4, -0.2) is 23.5 Å². The predicted octanol–water partition coefficient (Wildman–Crippen LogP) is 4.08. The smallest absolute Gasteiger partial charge is 0.207 e. The molecule has 1 aliphatic rings. The second-order valence-corrected chi connectivity index (χ2v) is 7.02. The van der Waals surface area contributed by atoms with Crippen LogP contribution >= 0.6 is 0 Å². The average Bonchev–Trinajstić information content (AvgIpc) is 3.25. The minimum atomic E-state index is -0.504. The Morgan fingerprint density at radius 1 is 1.26 bits per heavy atom. The van der Waals surface area contributed by atoms with Gasteiger partial charge in [0.2, 0.25) is 11.5 Å². The Morgan fingerprint density at radius 2 is 1.96 bits per heavy atom. The summed E-state index contributed by atoms with van der Waals surface area (Å²) in [7, 11) is 0. The predicted molar refractivity (Wildman–Crippen MR) is 90.3 cm³/mol. The first-order valence-electron chi connectivity index (χ1n) is 8.36. The largest absolute Gasteiger partial charge is 0.352 e. The van der Waals surface area contributed by atoms with Crippen LogP contribution in [-0.2, 0) is 0 Å². The van der Waals surface area contributed by atoms with Gasteiger partial charge in [-0.15, -0.1) is 0 Å². The highest BCUT2D eigenvalue weighted by Crippen LogP contribution is 2.26. The van der Waals surface area contributed by atoms with Gasteiger partial charge in [0.05, 0.1) is 0 Å². The third kappa shape index (κ3) is 3.70. The van der Waals surface area contributed by atoms with Gasteiger partial charge in [0, 0.05) is 29.6 Å². The van der Waals surface area contributed by atoms with Gasteiger partial charge >= 0.3 is 0 Å². The van der Waals surface area contributed by atoms with E-state index in [9.17, 15) is 4.79 Å². The first-order chi connectivity index (χ1) is 11.1. The molecular weight excluding hydrogens is 288 g/mol. The fraction of sp³-hybridized carbons (Fsp3) is 0.474. The molecule has 0 saturated heterocycles. The Balaban J connectivity index is 1.68. The van der Waals surface area contributed by atoms with Crippen LogP contribution in [0.25, 0.3) is 11.3 Å². The molecule has 1 aliphatic carbocycles. The van der Waals surface area contributed by atoms with Gasteiger partial charge in [0.25, 0.3) is 0 Å². The van der Waals surface area contributed by atoms with Crippen LogP contribution in [0.2, 0.25) is 0 Å². The van der Waals surface area contributed by atoms with E-state index < -0.39 is 5.41 Å². The second-order valence-electron chi connectivity index (χ2n) is 7.02. The standard InChI is InChI=1S/C19H24N2O2/c1-19(2,13-20-15-10-6-7-11-15)18(22)17-12-16(21-23-17)14-8-4-3-5-9-14/h3-5,8-9,12,15,20H,6-7,10-11,13H2,1-2H3. The van der Waals surface area contributed by atoms with Crippen molar-refractivity contribution in [2.45, 2.75) is 45.6 Å². The molecule has 0 atom stereocenters. The lowest BCUT2D eigenvalue weighted by Gasteiger charge is -2.24. The maximum Gasteiger partial charge on any atom is 0.207 e. The van der Waals surface area contributed by atoms with E-state index in [0.29, 0.717) is 24.0 Å². The Kier molecular flexibility index (Phi) is 4.62. The molecular formula is C19H24N2O2. The van der Waals surface area contributed by atoms with Crippen LogP contribution in [0, 0.1) is 5.41 Å². The molecule has 1 aromatic heterocycles. The highest BCUT2D eigenvalue weighted by atomic mass is 16.5. The number of nitrogens with one attached hydrogen (secondary N) is 1. The molecule has 0 spiro atoms. The molecule has 23 heavy (non-hydrogen) atoms. The quantitative estimate of drug-likeness (QED) is 0.817. The summed E-state index contributed by atoms with van der Waals surface area (Å²) in [6.07, 6.45) is 5.00. The summed E-state index contributed by atoms with van der Waals surface area (Å²) in [5, 5.41) is 7.57. The molecule has 3 rings (SSSR count). The molecule has 1 fully saturated rings. The molecule has 1 aromatic carbocycles. The van der Waals surface area contributed by atoms with Gasteiger partial charge < -0.3 is 9.84 Å². The third-order valence-corrected chi connectivity index (χ3v) is 4.61. The highest BCUT2D eigenvalue weighted by molar-refractivity contribution is 5.98. The Bertz CT molecular complexity index is 655. The van der Waals surface area contributed by atoms with Crippen molar-refractivity contribution in [1.29, 1.82) is 0 Å². The minimum Gasteiger partial charge on any atom is -0.352 e. The number of benzene rings is 1. The average molecular weight is 312 g/mol. The normalized spacial score (nSPS) is 15.9. The van der Waals surface area contributed by atoms with E-state index in [1.807, 2.05) is 44.2 Å². The Hall–Kier alpha value is -1.94. The van der Waals surface area contributed by atoms with Crippen molar-refractivity contribution >= 4 is 5.78 Å². The molecule has 0 radical (unpaired) electrons. The maximum atomic E-state index is 12.7. The van der Waals surface area contributed by atoms with Crippen LogP contribution in [0.1, 0.15) is 50.1 Å². The van der Waals surface area contributed by atoms with Crippen LogP contribution in [0.15, 0.2) is 40.9 Å². The summed E-state index contributed by atoms with van der Waals surface area (Å²) in [6, 6.07) is 12.1. The summed E-state index contributed by atoms with van der Waals surface area (Å²) in [5.74, 6) is 0.333. The topological polar surface area (TPSA) is 55.1 Å². The van der Waals surface area contributed by atoms with Gasteiger partial charge in [-0.2, -0.15) is 0 Å². The summed E-state index contributed by atoms with van der Waals surface area (Å²) < 4.78 is 5.31. The zero-order valence-electron chi connectivity index (χ0n) is 13.8. The fourth-order valence-corrected chi connectivity index (χ4v) is 3.07. The van der Waals surface area contributed by atoms with Crippen molar-refractivity contribution in [1.82, 2.24) is 10.5 Å². The summed E-state index contributed by atoms with van der Waals surface area (Å²) in [4.78, 5) is 12.7. The third-order valence-electron chi connectivity index (χ3n) is 4.61. The van der Waals surface area contributed by atoms with Crippen molar-refractivity contribution in [3.8, 4) is 11.3 Å². The number of hydrogen-bond acceptors (Lipinski definition) is 4. The van der Waals surface area contributed by atoms with Crippen molar-refractivity contribution in [2.24, 2.45) is 5.41 Å². The van der Waals surface area contributed by atoms with Crippen molar-refractivity contribution in [3.63, 3.8) is 0 Å². The fourth-order valence-electron chi connectivity index (χ4n) is 3.07. The van der Waals surface area contributed by atoms with Gasteiger partial charge in [-0.05, 0) is 12.8 Å². The highest BCUT2D eigenvalue weighted by Gasteiger charge is 2.32. The van der Waals surface area contributed by atoms with E-state index >= 15 is 0 Å². The molecule has 0 amide bonds. The minimum absolute atomic E-state index is 0.00215. The van der Waals surface area contributed by atoms with E-state index in [2.05, 4.69) is 10.5 Å². The first kappa shape index (κ1) is 15.9. The second kappa shape index (κ2) is 6.67. The maximum absolute atomic E-state index is 12.7. The molecule has 2 aromatic rings. The number of hydrogen-bond donors (Lipinski definition) is 1. The lowest BCUT2D eigenvalue weighted by Crippen LogP contribution is -2.40.